The fourth-order valence-electron chi connectivity index (χ4n) is 4.35. The Balaban J connectivity index is 1.41. The van der Waals surface area contributed by atoms with Crippen LogP contribution in [0.2, 0.25) is 0 Å². The molecular weight excluding hydrogens is 384 g/mol. The van der Waals surface area contributed by atoms with Gasteiger partial charge in [-0.25, -0.2) is 0 Å². The van der Waals surface area contributed by atoms with Crippen LogP contribution in [0.15, 0.2) is 12.1 Å². The van der Waals surface area contributed by atoms with Crippen molar-refractivity contribution in [2.24, 2.45) is 5.92 Å². The number of carbonyl (C=O) groups excluding carboxylic acids is 1. The van der Waals surface area contributed by atoms with Crippen molar-refractivity contribution in [2.45, 2.75) is 51.2 Å². The van der Waals surface area contributed by atoms with E-state index in [1.807, 2.05) is 12.1 Å². The van der Waals surface area contributed by atoms with Gasteiger partial charge in [0.25, 0.3) is 0 Å². The SMILES string of the molecule is COc1cc(OC)c(OC)cc1CN1CCC(CCC(=O)NC[C@H]2CCCO2)CC1. The molecule has 7 nitrogen and oxygen atoms in total. The number of piperidine rings is 1. The molecule has 0 aliphatic carbocycles. The number of methoxy groups -OCH3 is 3. The Kier molecular flexibility index (Phi) is 8.63. The average molecular weight is 421 g/mol. The van der Waals surface area contributed by atoms with E-state index in [2.05, 4.69) is 10.2 Å². The Hall–Kier alpha value is -1.99. The van der Waals surface area contributed by atoms with Crippen LogP contribution in [-0.2, 0) is 16.1 Å². The van der Waals surface area contributed by atoms with E-state index >= 15 is 0 Å². The monoisotopic (exact) mass is 420 g/mol. The molecule has 0 spiro atoms. The second-order valence-electron chi connectivity index (χ2n) is 8.22. The molecule has 7 heteroatoms. The van der Waals surface area contributed by atoms with Crippen LogP contribution in [0.4, 0.5) is 0 Å². The number of nitrogens with one attached hydrogen (secondary N) is 1. The molecule has 1 atom stereocenters. The number of amides is 1. The molecule has 2 saturated heterocycles. The third-order valence-corrected chi connectivity index (χ3v) is 6.22. The average Bonchev–Trinajstić information content (AvgIpc) is 3.30. The van der Waals surface area contributed by atoms with Crippen molar-refractivity contribution in [3.8, 4) is 17.2 Å². The van der Waals surface area contributed by atoms with Gasteiger partial charge in [-0.1, -0.05) is 0 Å². The van der Waals surface area contributed by atoms with Gasteiger partial charge in [-0.15, -0.1) is 0 Å². The zero-order valence-electron chi connectivity index (χ0n) is 18.6. The fourth-order valence-corrected chi connectivity index (χ4v) is 4.35. The standard InChI is InChI=1S/C23H36N2O5/c1-27-20-14-22(29-3)21(28-2)13-18(20)16-25-10-8-17(9-11-25)6-7-23(26)24-15-19-5-4-12-30-19/h13-14,17,19H,4-12,15-16H2,1-3H3,(H,24,26)/t19-/m1/s1. The highest BCUT2D eigenvalue weighted by Crippen LogP contribution is 2.35. The molecule has 0 unspecified atom stereocenters. The normalized spacial score (nSPS) is 20.2. The van der Waals surface area contributed by atoms with Crippen molar-refractivity contribution in [2.75, 3.05) is 47.6 Å². The Labute approximate surface area is 180 Å². The summed E-state index contributed by atoms with van der Waals surface area (Å²) in [5.41, 5.74) is 1.10. The van der Waals surface area contributed by atoms with Gasteiger partial charge >= 0.3 is 0 Å². The summed E-state index contributed by atoms with van der Waals surface area (Å²) >= 11 is 0. The zero-order chi connectivity index (χ0) is 21.3. The lowest BCUT2D eigenvalue weighted by molar-refractivity contribution is -0.122. The second-order valence-corrected chi connectivity index (χ2v) is 8.22. The van der Waals surface area contributed by atoms with Gasteiger partial charge in [0, 0.05) is 37.7 Å². The Morgan fingerprint density at radius 1 is 1.07 bits per heavy atom. The van der Waals surface area contributed by atoms with Gasteiger partial charge in [-0.2, -0.15) is 0 Å². The smallest absolute Gasteiger partial charge is 0.220 e. The van der Waals surface area contributed by atoms with Gasteiger partial charge in [0.05, 0.1) is 27.4 Å². The van der Waals surface area contributed by atoms with Crippen molar-refractivity contribution in [1.82, 2.24) is 10.2 Å². The van der Waals surface area contributed by atoms with Gasteiger partial charge < -0.3 is 24.3 Å². The van der Waals surface area contributed by atoms with E-state index in [1.54, 1.807) is 21.3 Å². The van der Waals surface area contributed by atoms with E-state index in [1.165, 1.54) is 0 Å². The number of benzene rings is 1. The quantitative estimate of drug-likeness (QED) is 0.628. The lowest BCUT2D eigenvalue weighted by Gasteiger charge is -2.32. The predicted molar refractivity (Wildman–Crippen MR) is 115 cm³/mol. The Bertz CT molecular complexity index is 682. The molecule has 1 N–H and O–H groups in total. The minimum atomic E-state index is 0.156. The first-order chi connectivity index (χ1) is 14.6. The predicted octanol–water partition coefficient (Wildman–Crippen LogP) is 3.00. The first-order valence-electron chi connectivity index (χ1n) is 11.0. The van der Waals surface area contributed by atoms with Crippen LogP contribution in [0, 0.1) is 5.92 Å². The van der Waals surface area contributed by atoms with Crippen LogP contribution in [0.5, 0.6) is 17.2 Å². The highest BCUT2D eigenvalue weighted by molar-refractivity contribution is 5.75. The molecule has 0 aromatic heterocycles. The molecule has 30 heavy (non-hydrogen) atoms. The van der Waals surface area contributed by atoms with E-state index in [4.69, 9.17) is 18.9 Å². The number of rotatable bonds is 10. The van der Waals surface area contributed by atoms with E-state index in [0.29, 0.717) is 24.6 Å². The third-order valence-electron chi connectivity index (χ3n) is 6.22. The number of carbonyl (C=O) groups is 1. The Morgan fingerprint density at radius 3 is 2.40 bits per heavy atom. The third kappa shape index (κ3) is 6.25. The van der Waals surface area contributed by atoms with Crippen LogP contribution in [0.1, 0.15) is 44.1 Å². The molecular formula is C23H36N2O5. The highest BCUT2D eigenvalue weighted by Gasteiger charge is 2.22. The fraction of sp³-hybridized carbons (Fsp3) is 0.696. The number of hydrogen-bond acceptors (Lipinski definition) is 6. The number of nitrogens with zero attached hydrogens (tertiary/aromatic N) is 1. The van der Waals surface area contributed by atoms with Gasteiger partial charge in [0.1, 0.15) is 5.75 Å². The molecule has 1 amide bonds. The largest absolute Gasteiger partial charge is 0.496 e. The van der Waals surface area contributed by atoms with E-state index < -0.39 is 0 Å². The van der Waals surface area contributed by atoms with Crippen LogP contribution >= 0.6 is 0 Å². The van der Waals surface area contributed by atoms with Gasteiger partial charge in [-0.05, 0) is 57.2 Å². The minimum Gasteiger partial charge on any atom is -0.496 e. The molecule has 168 valence electrons. The summed E-state index contributed by atoms with van der Waals surface area (Å²) in [6.45, 7) is 4.36. The molecule has 0 saturated carbocycles. The molecule has 3 rings (SSSR count). The maximum atomic E-state index is 12.1. The molecule has 1 aromatic carbocycles. The van der Waals surface area contributed by atoms with Gasteiger partial charge in [-0.3, -0.25) is 9.69 Å². The highest BCUT2D eigenvalue weighted by atomic mass is 16.5. The summed E-state index contributed by atoms with van der Waals surface area (Å²) in [4.78, 5) is 14.6. The maximum Gasteiger partial charge on any atom is 0.220 e. The van der Waals surface area contributed by atoms with Crippen LogP contribution in [0.25, 0.3) is 0 Å². The minimum absolute atomic E-state index is 0.156. The second kappa shape index (κ2) is 11.4. The summed E-state index contributed by atoms with van der Waals surface area (Å²) in [6, 6.07) is 3.89. The molecule has 2 heterocycles. The lowest BCUT2D eigenvalue weighted by Crippen LogP contribution is -2.35. The molecule has 2 aliphatic heterocycles. The summed E-state index contributed by atoms with van der Waals surface area (Å²) in [5.74, 6) is 2.98. The first kappa shape index (κ1) is 22.7. The number of ether oxygens (including phenoxy) is 4. The zero-order valence-corrected chi connectivity index (χ0v) is 18.6. The topological polar surface area (TPSA) is 69.3 Å². The first-order valence-corrected chi connectivity index (χ1v) is 11.0. The number of hydrogen-bond donors (Lipinski definition) is 1. The summed E-state index contributed by atoms with van der Waals surface area (Å²) < 4.78 is 21.9. The van der Waals surface area contributed by atoms with Crippen molar-refractivity contribution in [3.05, 3.63) is 17.7 Å². The van der Waals surface area contributed by atoms with Crippen molar-refractivity contribution >= 4 is 5.91 Å². The van der Waals surface area contributed by atoms with Crippen molar-refractivity contribution < 1.29 is 23.7 Å². The van der Waals surface area contributed by atoms with Crippen LogP contribution in [-0.4, -0.2) is 64.5 Å². The molecule has 2 aliphatic rings. The number of likely N-dealkylation sites (tertiary alicyclic amines) is 1. The van der Waals surface area contributed by atoms with E-state index in [-0.39, 0.29) is 12.0 Å². The Morgan fingerprint density at radius 2 is 1.77 bits per heavy atom. The molecule has 2 fully saturated rings. The molecule has 0 bridgehead atoms. The molecule has 1 aromatic rings. The maximum absolute atomic E-state index is 12.1. The van der Waals surface area contributed by atoms with E-state index in [0.717, 1.165) is 75.4 Å². The van der Waals surface area contributed by atoms with Crippen LogP contribution in [0.3, 0.4) is 0 Å². The lowest BCUT2D eigenvalue weighted by atomic mass is 9.91. The summed E-state index contributed by atoms with van der Waals surface area (Å²) in [6.07, 6.45) is 6.19. The molecule has 0 radical (unpaired) electrons. The summed E-state index contributed by atoms with van der Waals surface area (Å²) in [7, 11) is 4.96. The van der Waals surface area contributed by atoms with Gasteiger partial charge in [0.15, 0.2) is 11.5 Å². The van der Waals surface area contributed by atoms with E-state index in [9.17, 15) is 4.79 Å². The van der Waals surface area contributed by atoms with Crippen LogP contribution < -0.4 is 19.5 Å². The van der Waals surface area contributed by atoms with Gasteiger partial charge in [0.2, 0.25) is 5.91 Å². The van der Waals surface area contributed by atoms with Crippen molar-refractivity contribution in [3.63, 3.8) is 0 Å². The summed E-state index contributed by atoms with van der Waals surface area (Å²) in [5, 5.41) is 3.03. The van der Waals surface area contributed by atoms with Crippen molar-refractivity contribution in [1.29, 1.82) is 0 Å².